The highest BCUT2D eigenvalue weighted by molar-refractivity contribution is 5.74. The lowest BCUT2D eigenvalue weighted by atomic mass is 10.2. The average molecular weight is 332 g/mol. The molecule has 1 atom stereocenters. The van der Waals surface area contributed by atoms with E-state index >= 15 is 0 Å². The molecule has 0 spiro atoms. The van der Waals surface area contributed by atoms with Crippen LogP contribution < -0.4 is 5.32 Å². The van der Waals surface area contributed by atoms with Crippen molar-refractivity contribution in [3.05, 3.63) is 47.5 Å². The minimum absolute atomic E-state index is 0.0625. The number of morpholine rings is 1. The average Bonchev–Trinajstić information content (AvgIpc) is 2.94. The van der Waals surface area contributed by atoms with Crippen LogP contribution >= 0.6 is 0 Å². The molecule has 1 aromatic carbocycles. The molecule has 6 nitrogen and oxygen atoms in total. The van der Waals surface area contributed by atoms with E-state index in [9.17, 15) is 9.18 Å². The molecule has 2 heterocycles. The molecule has 0 aliphatic carbocycles. The number of benzene rings is 1. The van der Waals surface area contributed by atoms with Crippen LogP contribution in [0.3, 0.4) is 0 Å². The van der Waals surface area contributed by atoms with Crippen molar-refractivity contribution in [2.75, 3.05) is 19.7 Å². The molecule has 3 rings (SSSR count). The van der Waals surface area contributed by atoms with Crippen molar-refractivity contribution >= 4 is 6.03 Å². The Labute approximate surface area is 140 Å². The van der Waals surface area contributed by atoms with Gasteiger partial charge in [-0.3, -0.25) is 0 Å². The monoisotopic (exact) mass is 332 g/mol. The first-order chi connectivity index (χ1) is 11.5. The summed E-state index contributed by atoms with van der Waals surface area (Å²) in [7, 11) is 0. The number of hydrogen-bond acceptors (Lipinski definition) is 3. The lowest BCUT2D eigenvalue weighted by Gasteiger charge is -2.31. The van der Waals surface area contributed by atoms with Crippen LogP contribution in [-0.2, 0) is 11.3 Å². The number of nitrogens with zero attached hydrogens (tertiary/aromatic N) is 3. The van der Waals surface area contributed by atoms with E-state index in [1.54, 1.807) is 21.7 Å². The van der Waals surface area contributed by atoms with Crippen LogP contribution in [0.5, 0.6) is 0 Å². The minimum Gasteiger partial charge on any atom is -0.375 e. The number of aryl methyl sites for hydroxylation is 1. The van der Waals surface area contributed by atoms with E-state index in [1.807, 2.05) is 20.0 Å². The highest BCUT2D eigenvalue weighted by atomic mass is 19.1. The molecule has 2 aromatic rings. The zero-order chi connectivity index (χ0) is 17.1. The number of nitrogens with one attached hydrogen (secondary N) is 1. The van der Waals surface area contributed by atoms with Gasteiger partial charge in [-0.15, -0.1) is 0 Å². The Kier molecular flexibility index (Phi) is 4.80. The highest BCUT2D eigenvalue weighted by Crippen LogP contribution is 2.13. The van der Waals surface area contributed by atoms with Crippen molar-refractivity contribution in [3.63, 3.8) is 0 Å². The lowest BCUT2D eigenvalue weighted by molar-refractivity contribution is -0.00352. The van der Waals surface area contributed by atoms with Crippen molar-refractivity contribution in [2.24, 2.45) is 0 Å². The molecule has 1 aromatic heterocycles. The summed E-state index contributed by atoms with van der Waals surface area (Å²) in [6, 6.07) is 6.03. The van der Waals surface area contributed by atoms with E-state index in [4.69, 9.17) is 4.74 Å². The molecule has 0 bridgehead atoms. The van der Waals surface area contributed by atoms with E-state index in [-0.39, 0.29) is 18.0 Å². The van der Waals surface area contributed by atoms with Gasteiger partial charge in [0, 0.05) is 31.4 Å². The topological polar surface area (TPSA) is 59.4 Å². The van der Waals surface area contributed by atoms with Gasteiger partial charge in [0.15, 0.2) is 0 Å². The Morgan fingerprint density at radius 1 is 1.42 bits per heavy atom. The van der Waals surface area contributed by atoms with E-state index in [0.717, 1.165) is 16.9 Å². The standard InChI is InChI=1S/C17H21FN4O2/c1-12-10-21(7-8-24-12)17(23)19-9-14-11-22(20-13(14)2)16-5-3-15(18)4-6-16/h3-6,11-12H,7-10H2,1-2H3,(H,19,23)/t12-/m0/s1. The van der Waals surface area contributed by atoms with Gasteiger partial charge >= 0.3 is 6.03 Å². The molecule has 7 heteroatoms. The van der Waals surface area contributed by atoms with Crippen LogP contribution in [-0.4, -0.2) is 46.5 Å². The number of aromatic nitrogens is 2. The zero-order valence-corrected chi connectivity index (χ0v) is 13.8. The third-order valence-corrected chi connectivity index (χ3v) is 4.05. The third-order valence-electron chi connectivity index (χ3n) is 4.05. The van der Waals surface area contributed by atoms with Crippen molar-refractivity contribution < 1.29 is 13.9 Å². The predicted molar refractivity (Wildman–Crippen MR) is 87.5 cm³/mol. The van der Waals surface area contributed by atoms with Crippen molar-refractivity contribution in [1.29, 1.82) is 0 Å². The Morgan fingerprint density at radius 3 is 2.88 bits per heavy atom. The minimum atomic E-state index is -0.283. The van der Waals surface area contributed by atoms with Crippen LogP contribution in [0.2, 0.25) is 0 Å². The summed E-state index contributed by atoms with van der Waals surface area (Å²) < 4.78 is 20.1. The van der Waals surface area contributed by atoms with Crippen molar-refractivity contribution in [2.45, 2.75) is 26.5 Å². The van der Waals surface area contributed by atoms with Crippen LogP contribution in [0, 0.1) is 12.7 Å². The molecule has 24 heavy (non-hydrogen) atoms. The van der Waals surface area contributed by atoms with Crippen molar-refractivity contribution in [3.8, 4) is 5.69 Å². The van der Waals surface area contributed by atoms with Gasteiger partial charge < -0.3 is 15.0 Å². The highest BCUT2D eigenvalue weighted by Gasteiger charge is 2.21. The number of rotatable bonds is 3. The molecule has 1 N–H and O–H groups in total. The first-order valence-electron chi connectivity index (χ1n) is 7.98. The van der Waals surface area contributed by atoms with Gasteiger partial charge in [-0.25, -0.2) is 13.9 Å². The Bertz CT molecular complexity index is 714. The quantitative estimate of drug-likeness (QED) is 0.938. The van der Waals surface area contributed by atoms with Gasteiger partial charge in [-0.2, -0.15) is 5.10 Å². The lowest BCUT2D eigenvalue weighted by Crippen LogP contribution is -2.48. The second kappa shape index (κ2) is 7.00. The maximum Gasteiger partial charge on any atom is 0.317 e. The fourth-order valence-electron chi connectivity index (χ4n) is 2.68. The fourth-order valence-corrected chi connectivity index (χ4v) is 2.68. The maximum absolute atomic E-state index is 13.0. The van der Waals surface area contributed by atoms with Gasteiger partial charge in [0.1, 0.15) is 5.82 Å². The molecule has 1 aliphatic heterocycles. The summed E-state index contributed by atoms with van der Waals surface area (Å²) in [4.78, 5) is 14.0. The number of halogens is 1. The first kappa shape index (κ1) is 16.4. The molecular weight excluding hydrogens is 311 g/mol. The largest absolute Gasteiger partial charge is 0.375 e. The molecule has 128 valence electrons. The van der Waals surface area contributed by atoms with Crippen LogP contribution in [0.15, 0.2) is 30.5 Å². The number of ether oxygens (including phenoxy) is 1. The van der Waals surface area contributed by atoms with Crippen molar-refractivity contribution in [1.82, 2.24) is 20.0 Å². The summed E-state index contributed by atoms with van der Waals surface area (Å²) in [5.74, 6) is -0.283. The summed E-state index contributed by atoms with van der Waals surface area (Å²) in [5, 5.41) is 7.34. The second-order valence-corrected chi connectivity index (χ2v) is 5.95. The van der Waals surface area contributed by atoms with E-state index in [2.05, 4.69) is 10.4 Å². The van der Waals surface area contributed by atoms with Gasteiger partial charge in [0.2, 0.25) is 0 Å². The number of amides is 2. The molecule has 1 aliphatic rings. The number of urea groups is 1. The van der Waals surface area contributed by atoms with Gasteiger partial charge in [0.05, 0.1) is 24.1 Å². The summed E-state index contributed by atoms with van der Waals surface area (Å²) in [6.07, 6.45) is 1.91. The Balaban J connectivity index is 1.63. The fraction of sp³-hybridized carbons (Fsp3) is 0.412. The summed E-state index contributed by atoms with van der Waals surface area (Å²) >= 11 is 0. The molecule has 2 amide bonds. The Morgan fingerprint density at radius 2 is 2.17 bits per heavy atom. The predicted octanol–water partition coefficient (Wildman–Crippen LogP) is 2.25. The van der Waals surface area contributed by atoms with E-state index in [0.29, 0.717) is 26.2 Å². The maximum atomic E-state index is 13.0. The van der Waals surface area contributed by atoms with Crippen LogP contribution in [0.1, 0.15) is 18.2 Å². The smallest absolute Gasteiger partial charge is 0.317 e. The third kappa shape index (κ3) is 3.73. The van der Waals surface area contributed by atoms with E-state index < -0.39 is 0 Å². The van der Waals surface area contributed by atoms with Gasteiger partial charge in [-0.1, -0.05) is 0 Å². The summed E-state index contributed by atoms with van der Waals surface area (Å²) in [5.41, 5.74) is 2.53. The second-order valence-electron chi connectivity index (χ2n) is 5.95. The van der Waals surface area contributed by atoms with Crippen LogP contribution in [0.25, 0.3) is 5.69 Å². The zero-order valence-electron chi connectivity index (χ0n) is 13.8. The molecular formula is C17H21FN4O2. The Hall–Kier alpha value is -2.41. The van der Waals surface area contributed by atoms with Crippen LogP contribution in [0.4, 0.5) is 9.18 Å². The number of hydrogen-bond donors (Lipinski definition) is 1. The SMILES string of the molecule is Cc1nn(-c2ccc(F)cc2)cc1CNC(=O)N1CCO[C@@H](C)C1. The van der Waals surface area contributed by atoms with E-state index in [1.165, 1.54) is 12.1 Å². The molecule has 1 fully saturated rings. The summed E-state index contributed by atoms with van der Waals surface area (Å²) in [6.45, 7) is 6.01. The molecule has 0 saturated carbocycles. The normalized spacial score (nSPS) is 17.8. The number of carbonyl (C=O) groups excluding carboxylic acids is 1. The van der Waals surface area contributed by atoms with Gasteiger partial charge in [0.25, 0.3) is 0 Å². The number of carbonyl (C=O) groups is 1. The first-order valence-corrected chi connectivity index (χ1v) is 7.98. The molecule has 0 radical (unpaired) electrons. The molecule has 1 saturated heterocycles. The molecule has 0 unspecified atom stereocenters. The van der Waals surface area contributed by atoms with Gasteiger partial charge in [-0.05, 0) is 38.1 Å².